The van der Waals surface area contributed by atoms with Crippen LogP contribution in [0.4, 0.5) is 25.1 Å². The van der Waals surface area contributed by atoms with Gasteiger partial charge in [-0.25, -0.2) is 22.8 Å². The molecule has 2 N–H and O–H groups in total. The maximum atomic E-state index is 13.9. The molecule has 186 valence electrons. The third kappa shape index (κ3) is 6.33. The van der Waals surface area contributed by atoms with Crippen molar-refractivity contribution in [1.29, 1.82) is 0 Å². The lowest BCUT2D eigenvalue weighted by Crippen LogP contribution is -2.30. The molecule has 0 spiro atoms. The number of carbonyl (C=O) groups is 2. The van der Waals surface area contributed by atoms with Gasteiger partial charge in [-0.15, -0.1) is 10.3 Å². The lowest BCUT2D eigenvalue weighted by molar-refractivity contribution is -0.0102. The minimum Gasteiger partial charge on any atom is -0.463 e. The van der Waals surface area contributed by atoms with Gasteiger partial charge in [-0.2, -0.15) is 0 Å². The molecule has 35 heavy (non-hydrogen) atoms. The van der Waals surface area contributed by atoms with Crippen LogP contribution in [0.5, 0.6) is 0 Å². The number of nitrogens with one attached hydrogen (secondary N) is 1. The number of halogens is 2. The Labute approximate surface area is 202 Å². The molecule has 0 aliphatic carbocycles. The van der Waals surface area contributed by atoms with Crippen LogP contribution < -0.4 is 10.2 Å². The Balaban J connectivity index is 2.02. The standard InChI is InChI=1S/C24H26F2N4O4S/c1-4-7-17-15-27-21(30-12-6-10-24(25,26)11-13-30)20(16(17)2)22(31)28-18-8-5-9-19(14-18)35(3,34)29-23(32)33/h5,8-9,14-15H,6,10-13H2,1-3H3,(H,28,31)(H,32,33). The number of anilines is 2. The number of amides is 2. The number of benzene rings is 1. The van der Waals surface area contributed by atoms with Crippen LogP contribution in [0.2, 0.25) is 0 Å². The topological polar surface area (TPSA) is 112 Å². The summed E-state index contributed by atoms with van der Waals surface area (Å²) in [7, 11) is -3.23. The minimum atomic E-state index is -3.23. The number of hydrogen-bond acceptors (Lipinski definition) is 5. The summed E-state index contributed by atoms with van der Waals surface area (Å²) < 4.78 is 43.8. The molecule has 1 fully saturated rings. The summed E-state index contributed by atoms with van der Waals surface area (Å²) in [6.45, 7) is 3.74. The van der Waals surface area contributed by atoms with Crippen molar-refractivity contribution < 1.29 is 27.7 Å². The van der Waals surface area contributed by atoms with Crippen molar-refractivity contribution in [2.45, 2.75) is 43.9 Å². The normalized spacial score (nSPS) is 16.8. The Hall–Kier alpha value is -3.52. The summed E-state index contributed by atoms with van der Waals surface area (Å²) in [5.74, 6) is 2.65. The molecular formula is C24H26F2N4O4S. The highest BCUT2D eigenvalue weighted by molar-refractivity contribution is 7.93. The number of alkyl halides is 2. The SMILES string of the molecule is CC#Cc1cnc(N2CCCC(F)(F)CC2)c(C(=O)Nc2cccc(S(C)(=O)=NC(=O)O)c2)c1C. The van der Waals surface area contributed by atoms with Gasteiger partial charge in [-0.1, -0.05) is 12.0 Å². The molecule has 2 heterocycles. The van der Waals surface area contributed by atoms with Crippen molar-refractivity contribution in [3.63, 3.8) is 0 Å². The Morgan fingerprint density at radius 2 is 2.03 bits per heavy atom. The molecule has 3 rings (SSSR count). The first-order chi connectivity index (χ1) is 16.4. The Morgan fingerprint density at radius 3 is 2.71 bits per heavy atom. The van der Waals surface area contributed by atoms with E-state index in [2.05, 4.69) is 26.5 Å². The smallest absolute Gasteiger partial charge is 0.439 e. The van der Waals surface area contributed by atoms with Crippen molar-refractivity contribution in [3.05, 3.63) is 47.2 Å². The number of nitrogens with zero attached hydrogens (tertiary/aromatic N) is 3. The first-order valence-corrected chi connectivity index (χ1v) is 12.8. The number of rotatable bonds is 4. The second kappa shape index (κ2) is 10.4. The van der Waals surface area contributed by atoms with Crippen LogP contribution in [-0.2, 0) is 9.73 Å². The number of pyridine rings is 1. The molecule has 1 aliphatic heterocycles. The van der Waals surface area contributed by atoms with Gasteiger partial charge in [-0.05, 0) is 44.0 Å². The van der Waals surface area contributed by atoms with Gasteiger partial charge in [0.1, 0.15) is 5.82 Å². The number of aromatic nitrogens is 1. The maximum Gasteiger partial charge on any atom is 0.439 e. The number of hydrogen-bond donors (Lipinski definition) is 2. The highest BCUT2D eigenvalue weighted by Crippen LogP contribution is 2.32. The van der Waals surface area contributed by atoms with Gasteiger partial charge >= 0.3 is 6.09 Å². The Bertz CT molecular complexity index is 1340. The largest absolute Gasteiger partial charge is 0.463 e. The van der Waals surface area contributed by atoms with Crippen LogP contribution in [0.15, 0.2) is 39.7 Å². The molecule has 11 heteroatoms. The van der Waals surface area contributed by atoms with E-state index in [-0.39, 0.29) is 47.8 Å². The fourth-order valence-electron chi connectivity index (χ4n) is 3.84. The molecule has 8 nitrogen and oxygen atoms in total. The molecule has 1 unspecified atom stereocenters. The molecular weight excluding hydrogens is 478 g/mol. The summed E-state index contributed by atoms with van der Waals surface area (Å²) in [6, 6.07) is 5.92. The van der Waals surface area contributed by atoms with Crippen LogP contribution in [-0.4, -0.2) is 51.6 Å². The van der Waals surface area contributed by atoms with Crippen molar-refractivity contribution in [1.82, 2.24) is 4.98 Å². The van der Waals surface area contributed by atoms with E-state index in [0.29, 0.717) is 17.7 Å². The molecule has 1 saturated heterocycles. The summed E-state index contributed by atoms with van der Waals surface area (Å²) in [4.78, 5) is 30.6. The highest BCUT2D eigenvalue weighted by atomic mass is 32.2. The van der Waals surface area contributed by atoms with Gasteiger partial charge in [-0.3, -0.25) is 4.79 Å². The average Bonchev–Trinajstić information content (AvgIpc) is 2.94. The average molecular weight is 505 g/mol. The first-order valence-electron chi connectivity index (χ1n) is 10.9. The molecule has 0 saturated carbocycles. The predicted molar refractivity (Wildman–Crippen MR) is 130 cm³/mol. The Kier molecular flexibility index (Phi) is 7.75. The van der Waals surface area contributed by atoms with Crippen molar-refractivity contribution in [2.24, 2.45) is 4.36 Å². The molecule has 2 amide bonds. The fraction of sp³-hybridized carbons (Fsp3) is 0.375. The maximum absolute atomic E-state index is 13.9. The first kappa shape index (κ1) is 26.1. The van der Waals surface area contributed by atoms with E-state index in [1.165, 1.54) is 30.7 Å². The summed E-state index contributed by atoms with van der Waals surface area (Å²) in [6.07, 6.45) is 0.845. The summed E-state index contributed by atoms with van der Waals surface area (Å²) in [5.41, 5.74) is 1.55. The molecule has 1 aromatic heterocycles. The summed E-state index contributed by atoms with van der Waals surface area (Å²) >= 11 is 0. The van der Waals surface area contributed by atoms with E-state index in [4.69, 9.17) is 5.11 Å². The monoisotopic (exact) mass is 504 g/mol. The Morgan fingerprint density at radius 1 is 1.29 bits per heavy atom. The fourth-order valence-corrected chi connectivity index (χ4v) is 4.92. The van der Waals surface area contributed by atoms with Gasteiger partial charge in [0.15, 0.2) is 0 Å². The van der Waals surface area contributed by atoms with Crippen molar-refractivity contribution in [3.8, 4) is 11.8 Å². The van der Waals surface area contributed by atoms with Gasteiger partial charge < -0.3 is 15.3 Å². The highest BCUT2D eigenvalue weighted by Gasteiger charge is 2.33. The number of carboxylic acid groups (broad SMARTS) is 1. The third-order valence-electron chi connectivity index (χ3n) is 5.60. The number of carbonyl (C=O) groups excluding carboxylic acids is 1. The van der Waals surface area contributed by atoms with Crippen LogP contribution in [0.1, 0.15) is 47.7 Å². The van der Waals surface area contributed by atoms with Gasteiger partial charge in [0.05, 0.1) is 15.3 Å². The summed E-state index contributed by atoms with van der Waals surface area (Å²) in [5, 5.41) is 11.6. The third-order valence-corrected chi connectivity index (χ3v) is 7.24. The van der Waals surface area contributed by atoms with E-state index < -0.39 is 27.7 Å². The second-order valence-corrected chi connectivity index (χ2v) is 10.5. The van der Waals surface area contributed by atoms with E-state index in [1.54, 1.807) is 24.8 Å². The van der Waals surface area contributed by atoms with Gasteiger partial charge in [0, 0.05) is 54.5 Å². The molecule has 2 aromatic rings. The zero-order chi connectivity index (χ0) is 25.8. The van der Waals surface area contributed by atoms with Crippen LogP contribution in [0.25, 0.3) is 0 Å². The van der Waals surface area contributed by atoms with Gasteiger partial charge in [0.25, 0.3) is 5.91 Å². The molecule has 1 atom stereocenters. The second-order valence-electron chi connectivity index (χ2n) is 8.23. The van der Waals surface area contributed by atoms with Crippen LogP contribution >= 0.6 is 0 Å². The molecule has 0 radical (unpaired) electrons. The molecule has 1 aliphatic rings. The predicted octanol–water partition coefficient (Wildman–Crippen LogP) is 4.77. The lowest BCUT2D eigenvalue weighted by Gasteiger charge is -2.25. The van der Waals surface area contributed by atoms with Crippen molar-refractivity contribution >= 4 is 33.2 Å². The lowest BCUT2D eigenvalue weighted by atomic mass is 10.0. The molecule has 0 bridgehead atoms. The van der Waals surface area contributed by atoms with Gasteiger partial charge in [0.2, 0.25) is 5.92 Å². The van der Waals surface area contributed by atoms with E-state index in [0.717, 1.165) is 0 Å². The van der Waals surface area contributed by atoms with Crippen molar-refractivity contribution in [2.75, 3.05) is 29.6 Å². The zero-order valence-electron chi connectivity index (χ0n) is 19.6. The van der Waals surface area contributed by atoms with Crippen LogP contribution in [0.3, 0.4) is 0 Å². The van der Waals surface area contributed by atoms with E-state index in [9.17, 15) is 22.6 Å². The van der Waals surface area contributed by atoms with E-state index in [1.807, 2.05) is 0 Å². The minimum absolute atomic E-state index is 0.0442. The quantitative estimate of drug-likeness (QED) is 0.580. The van der Waals surface area contributed by atoms with E-state index >= 15 is 0 Å². The molecule has 1 aromatic carbocycles. The zero-order valence-corrected chi connectivity index (χ0v) is 20.4. The van der Waals surface area contributed by atoms with Crippen LogP contribution in [0, 0.1) is 18.8 Å².